The first kappa shape index (κ1) is 35.4. The number of hydrogen-bond donors (Lipinski definition) is 0. The van der Waals surface area contributed by atoms with E-state index in [0.29, 0.717) is 0 Å². The summed E-state index contributed by atoms with van der Waals surface area (Å²) in [5.41, 5.74) is 0. The zero-order chi connectivity index (χ0) is 32.4. The van der Waals surface area contributed by atoms with Gasteiger partial charge in [-0.15, -0.1) is 0 Å². The molecule has 43 heavy (non-hydrogen) atoms. The second-order valence-electron chi connectivity index (χ2n) is 9.57. The van der Waals surface area contributed by atoms with Crippen molar-refractivity contribution in [3.8, 4) is 0 Å². The van der Waals surface area contributed by atoms with E-state index in [-0.39, 0.29) is 6.42 Å². The highest BCUT2D eigenvalue weighted by atomic mass is 16.8. The van der Waals surface area contributed by atoms with Crippen LogP contribution in [0.15, 0.2) is 0 Å². The topological polar surface area (TPSA) is 212 Å². The molecule has 2 aliphatic heterocycles. The van der Waals surface area contributed by atoms with Gasteiger partial charge in [0.2, 0.25) is 12.4 Å². The molecule has 0 unspecified atom stereocenters. The summed E-state index contributed by atoms with van der Waals surface area (Å²) in [4.78, 5) is 82.7. The van der Waals surface area contributed by atoms with Crippen molar-refractivity contribution in [1.82, 2.24) is 0 Å². The quantitative estimate of drug-likeness (QED) is 0.213. The maximum Gasteiger partial charge on any atom is 0.305 e. The van der Waals surface area contributed by atoms with Gasteiger partial charge in [0.05, 0.1) is 6.61 Å². The molecule has 2 fully saturated rings. The maximum atomic E-state index is 12.0. The molecule has 9 atom stereocenters. The summed E-state index contributed by atoms with van der Waals surface area (Å²) in [6, 6.07) is 0. The van der Waals surface area contributed by atoms with Gasteiger partial charge in [-0.25, -0.2) is 0 Å². The van der Waals surface area contributed by atoms with Gasteiger partial charge in [0.1, 0.15) is 24.9 Å². The number of hydrogen-bond acceptors (Lipinski definition) is 17. The fourth-order valence-electron chi connectivity index (χ4n) is 4.45. The van der Waals surface area contributed by atoms with Crippen LogP contribution < -0.4 is 0 Å². The van der Waals surface area contributed by atoms with Crippen LogP contribution in [0.5, 0.6) is 0 Å². The highest BCUT2D eigenvalue weighted by Crippen LogP contribution is 2.32. The zero-order valence-corrected chi connectivity index (χ0v) is 24.8. The second kappa shape index (κ2) is 16.1. The van der Waals surface area contributed by atoms with Crippen LogP contribution in [0, 0.1) is 0 Å². The number of carbonyl (C=O) groups is 7. The molecule has 0 spiro atoms. The van der Waals surface area contributed by atoms with Gasteiger partial charge in [-0.1, -0.05) is 0 Å². The van der Waals surface area contributed by atoms with Crippen molar-refractivity contribution in [2.45, 2.75) is 110 Å². The second-order valence-corrected chi connectivity index (χ2v) is 9.57. The Balaban J connectivity index is 2.38. The summed E-state index contributed by atoms with van der Waals surface area (Å²) in [5.74, 6) is -5.42. The van der Waals surface area contributed by atoms with E-state index in [2.05, 4.69) is 0 Å². The van der Waals surface area contributed by atoms with Crippen molar-refractivity contribution < 1.29 is 80.9 Å². The van der Waals surface area contributed by atoms with Gasteiger partial charge < -0.3 is 47.4 Å². The van der Waals surface area contributed by atoms with Crippen LogP contribution in [0.25, 0.3) is 0 Å². The summed E-state index contributed by atoms with van der Waals surface area (Å²) >= 11 is 0. The van der Waals surface area contributed by atoms with E-state index in [1.54, 1.807) is 0 Å². The standard InChI is InChI=1S/C26H36O17/c1-11(27)34-9-19-22(37-13(3)29)18(36-12(2)28)8-21(42-19)35-10-20-23(38-14(4)30)24(39-15(5)31)25(40-16(6)32)26(43-20)41-17(7)33/h18-26H,8-10H2,1-7H3/t18-,19-,20-,21-,22+,23-,24+,25-,26-/m1/s1. The van der Waals surface area contributed by atoms with E-state index < -0.39 is 110 Å². The molecule has 0 aromatic rings. The molecule has 2 heterocycles. The van der Waals surface area contributed by atoms with E-state index in [9.17, 15) is 33.6 Å². The number of esters is 7. The Morgan fingerprint density at radius 2 is 0.977 bits per heavy atom. The smallest absolute Gasteiger partial charge is 0.305 e. The maximum absolute atomic E-state index is 12.0. The van der Waals surface area contributed by atoms with Crippen molar-refractivity contribution in [2.75, 3.05) is 13.2 Å². The monoisotopic (exact) mass is 620 g/mol. The zero-order valence-electron chi connectivity index (χ0n) is 24.8. The van der Waals surface area contributed by atoms with Crippen molar-refractivity contribution in [1.29, 1.82) is 0 Å². The van der Waals surface area contributed by atoms with Gasteiger partial charge in [0.15, 0.2) is 24.6 Å². The van der Waals surface area contributed by atoms with E-state index in [1.807, 2.05) is 0 Å². The number of ether oxygens (including phenoxy) is 10. The third kappa shape index (κ3) is 11.4. The molecular formula is C26H36O17. The molecule has 0 amide bonds. The SMILES string of the molecule is CC(=O)OC[C@H]1O[C@@H](OC[C@H]2O[C@@H](OC(C)=O)[C@H](OC(C)=O)[C@@H](OC(C)=O)[C@@H]2OC(C)=O)C[C@@H](OC(C)=O)[C@@H]1OC(C)=O. The summed E-state index contributed by atoms with van der Waals surface area (Å²) in [6.45, 7) is 6.81. The van der Waals surface area contributed by atoms with Crippen molar-refractivity contribution in [2.24, 2.45) is 0 Å². The molecule has 0 radical (unpaired) electrons. The molecule has 2 aliphatic rings. The minimum atomic E-state index is -1.61. The molecule has 0 bridgehead atoms. The predicted molar refractivity (Wildman–Crippen MR) is 134 cm³/mol. The molecule has 17 nitrogen and oxygen atoms in total. The Bertz CT molecular complexity index is 1060. The van der Waals surface area contributed by atoms with Crippen molar-refractivity contribution >= 4 is 41.8 Å². The average molecular weight is 621 g/mol. The van der Waals surface area contributed by atoms with Gasteiger partial charge >= 0.3 is 41.8 Å². The van der Waals surface area contributed by atoms with E-state index >= 15 is 0 Å². The lowest BCUT2D eigenvalue weighted by Crippen LogP contribution is -2.63. The third-order valence-electron chi connectivity index (χ3n) is 5.78. The molecular weight excluding hydrogens is 584 g/mol. The van der Waals surface area contributed by atoms with Gasteiger partial charge in [-0.2, -0.15) is 0 Å². The highest BCUT2D eigenvalue weighted by Gasteiger charge is 2.54. The molecule has 0 aromatic carbocycles. The Hall–Kier alpha value is -3.83. The first-order chi connectivity index (χ1) is 20.1. The van der Waals surface area contributed by atoms with Gasteiger partial charge in [0, 0.05) is 54.9 Å². The van der Waals surface area contributed by atoms with Crippen LogP contribution in [-0.4, -0.2) is 110 Å². The first-order valence-corrected chi connectivity index (χ1v) is 13.2. The minimum absolute atomic E-state index is 0.171. The first-order valence-electron chi connectivity index (χ1n) is 13.2. The number of rotatable bonds is 11. The Morgan fingerprint density at radius 3 is 1.49 bits per heavy atom. The van der Waals surface area contributed by atoms with Gasteiger partial charge in [0.25, 0.3) is 0 Å². The van der Waals surface area contributed by atoms with Gasteiger partial charge in [-0.3, -0.25) is 33.6 Å². The molecule has 0 N–H and O–H groups in total. The lowest BCUT2D eigenvalue weighted by molar-refractivity contribution is -0.315. The molecule has 242 valence electrons. The normalized spacial score (nSPS) is 30.2. The van der Waals surface area contributed by atoms with Crippen molar-refractivity contribution in [3.63, 3.8) is 0 Å². The Labute approximate surface area is 246 Å². The van der Waals surface area contributed by atoms with E-state index in [1.165, 1.54) is 0 Å². The van der Waals surface area contributed by atoms with Crippen LogP contribution in [0.1, 0.15) is 54.9 Å². The Morgan fingerprint density at radius 1 is 0.512 bits per heavy atom. The molecule has 0 saturated carbocycles. The van der Waals surface area contributed by atoms with Crippen LogP contribution >= 0.6 is 0 Å². The van der Waals surface area contributed by atoms with Crippen LogP contribution in [0.3, 0.4) is 0 Å². The third-order valence-corrected chi connectivity index (χ3v) is 5.78. The van der Waals surface area contributed by atoms with Crippen molar-refractivity contribution in [3.05, 3.63) is 0 Å². The number of carbonyl (C=O) groups excluding carboxylic acids is 7. The summed E-state index contributed by atoms with van der Waals surface area (Å²) in [6.07, 6.45) is -12.1. The van der Waals surface area contributed by atoms with Crippen LogP contribution in [-0.2, 0) is 80.9 Å². The highest BCUT2D eigenvalue weighted by molar-refractivity contribution is 5.69. The average Bonchev–Trinajstić information content (AvgIpc) is 2.85. The lowest BCUT2D eigenvalue weighted by Gasteiger charge is -2.44. The molecule has 0 aromatic heterocycles. The largest absolute Gasteiger partial charge is 0.463 e. The van der Waals surface area contributed by atoms with E-state index in [4.69, 9.17) is 47.4 Å². The summed E-state index contributed by atoms with van der Waals surface area (Å²) < 4.78 is 54.2. The summed E-state index contributed by atoms with van der Waals surface area (Å²) in [5, 5.41) is 0. The Kier molecular flexibility index (Phi) is 13.3. The minimum Gasteiger partial charge on any atom is -0.463 e. The molecule has 17 heteroatoms. The van der Waals surface area contributed by atoms with Gasteiger partial charge in [-0.05, 0) is 0 Å². The molecule has 0 aliphatic carbocycles. The predicted octanol–water partition coefficient (Wildman–Crippen LogP) is -0.372. The molecule has 2 saturated heterocycles. The lowest BCUT2D eigenvalue weighted by atomic mass is 9.98. The molecule has 2 rings (SSSR count). The fourth-order valence-corrected chi connectivity index (χ4v) is 4.45. The van der Waals surface area contributed by atoms with Crippen LogP contribution in [0.4, 0.5) is 0 Å². The fraction of sp³-hybridized carbons (Fsp3) is 0.731. The summed E-state index contributed by atoms with van der Waals surface area (Å²) in [7, 11) is 0. The van der Waals surface area contributed by atoms with Crippen LogP contribution in [0.2, 0.25) is 0 Å². The van der Waals surface area contributed by atoms with E-state index in [0.717, 1.165) is 48.5 Å².